The van der Waals surface area contributed by atoms with Gasteiger partial charge >= 0.3 is 0 Å². The van der Waals surface area contributed by atoms with Crippen LogP contribution in [0.5, 0.6) is 0 Å². The minimum Gasteiger partial charge on any atom is -0.396 e. The van der Waals surface area contributed by atoms with E-state index in [0.29, 0.717) is 11.8 Å². The Labute approximate surface area is 108 Å². The lowest BCUT2D eigenvalue weighted by atomic mass is 10.3. The van der Waals surface area contributed by atoms with Gasteiger partial charge in [0.1, 0.15) is 5.82 Å². The Balaban J connectivity index is 1.69. The van der Waals surface area contributed by atoms with Gasteiger partial charge in [-0.15, -0.1) is 16.9 Å². The number of rotatable bonds is 4. The summed E-state index contributed by atoms with van der Waals surface area (Å²) in [6.07, 6.45) is 2.28. The Morgan fingerprint density at radius 3 is 3.00 bits per heavy atom. The van der Waals surface area contributed by atoms with E-state index in [2.05, 4.69) is 15.5 Å². The van der Waals surface area contributed by atoms with Gasteiger partial charge in [-0.25, -0.2) is 9.07 Å². The highest BCUT2D eigenvalue weighted by Crippen LogP contribution is 2.35. The first kappa shape index (κ1) is 11.5. The van der Waals surface area contributed by atoms with Gasteiger partial charge in [-0.2, -0.15) is 0 Å². The lowest BCUT2D eigenvalue weighted by Gasteiger charge is -2.04. The molecule has 0 bridgehead atoms. The zero-order chi connectivity index (χ0) is 12.5. The Hall–Kier alpha value is -1.63. The fraction of sp³-hybridized carbons (Fsp3) is 0.364. The monoisotopic (exact) mass is 265 g/mol. The van der Waals surface area contributed by atoms with Gasteiger partial charge in [0.15, 0.2) is 5.82 Å². The van der Waals surface area contributed by atoms with E-state index in [4.69, 9.17) is 5.73 Å². The number of nitrogens with zero attached hydrogens (tertiary/aromatic N) is 4. The fourth-order valence-corrected chi connectivity index (χ4v) is 2.49. The van der Waals surface area contributed by atoms with Gasteiger partial charge in [0.25, 0.3) is 0 Å². The van der Waals surface area contributed by atoms with Crippen LogP contribution in [0.1, 0.15) is 24.7 Å². The highest BCUT2D eigenvalue weighted by molar-refractivity contribution is 7.98. The molecule has 2 N–H and O–H groups in total. The van der Waals surface area contributed by atoms with E-state index in [1.807, 2.05) is 4.68 Å². The molecular weight excluding hydrogens is 253 g/mol. The molecule has 0 amide bonds. The van der Waals surface area contributed by atoms with Crippen molar-refractivity contribution in [2.75, 3.05) is 5.73 Å². The number of nitrogen functional groups attached to an aromatic ring is 1. The normalized spacial score (nSPS) is 14.9. The maximum atomic E-state index is 13.3. The van der Waals surface area contributed by atoms with Crippen molar-refractivity contribution in [3.8, 4) is 0 Å². The van der Waals surface area contributed by atoms with E-state index in [9.17, 15) is 4.39 Å². The lowest BCUT2D eigenvalue weighted by Crippen LogP contribution is -2.02. The minimum absolute atomic E-state index is 0.169. The van der Waals surface area contributed by atoms with Crippen molar-refractivity contribution in [2.45, 2.75) is 29.5 Å². The third kappa shape index (κ3) is 2.31. The molecule has 94 valence electrons. The van der Waals surface area contributed by atoms with Gasteiger partial charge in [-0.1, -0.05) is 0 Å². The average Bonchev–Trinajstić information content (AvgIpc) is 3.10. The van der Waals surface area contributed by atoms with Crippen molar-refractivity contribution < 1.29 is 4.39 Å². The van der Waals surface area contributed by atoms with Crippen molar-refractivity contribution in [3.63, 3.8) is 0 Å². The van der Waals surface area contributed by atoms with Crippen molar-refractivity contribution in [2.24, 2.45) is 0 Å². The number of tetrazole rings is 1. The molecule has 1 fully saturated rings. The number of hydrogen-bond donors (Lipinski definition) is 1. The summed E-state index contributed by atoms with van der Waals surface area (Å²) >= 11 is 1.50. The summed E-state index contributed by atoms with van der Waals surface area (Å²) in [4.78, 5) is 0.826. The van der Waals surface area contributed by atoms with Crippen LogP contribution in [0.15, 0.2) is 23.1 Å². The van der Waals surface area contributed by atoms with Crippen molar-refractivity contribution in [1.29, 1.82) is 0 Å². The molecule has 1 aromatic carbocycles. The molecule has 1 heterocycles. The van der Waals surface area contributed by atoms with E-state index < -0.39 is 0 Å². The minimum atomic E-state index is -0.387. The standard InChI is InChI=1S/C11H12FN5S/c12-9-5-8(3-4-10(9)13)18-6-11-14-15-16-17(11)7-1-2-7/h3-5,7H,1-2,6,13H2. The third-order valence-corrected chi connectivity index (χ3v) is 3.78. The van der Waals surface area contributed by atoms with E-state index in [-0.39, 0.29) is 11.5 Å². The number of halogens is 1. The number of hydrogen-bond acceptors (Lipinski definition) is 5. The van der Waals surface area contributed by atoms with Crippen LogP contribution in [0.3, 0.4) is 0 Å². The van der Waals surface area contributed by atoms with Gasteiger partial charge < -0.3 is 5.73 Å². The SMILES string of the molecule is Nc1ccc(SCc2nnnn2C2CC2)cc1F. The summed E-state index contributed by atoms with van der Waals surface area (Å²) in [5.41, 5.74) is 5.60. The highest BCUT2D eigenvalue weighted by Gasteiger charge is 2.27. The third-order valence-electron chi connectivity index (χ3n) is 2.79. The maximum absolute atomic E-state index is 13.3. The van der Waals surface area contributed by atoms with Gasteiger partial charge in [-0.3, -0.25) is 0 Å². The zero-order valence-corrected chi connectivity index (χ0v) is 10.4. The van der Waals surface area contributed by atoms with Crippen molar-refractivity contribution >= 4 is 17.4 Å². The molecule has 0 unspecified atom stereocenters. The van der Waals surface area contributed by atoms with E-state index in [1.54, 1.807) is 12.1 Å². The molecule has 0 radical (unpaired) electrons. The van der Waals surface area contributed by atoms with Crippen LogP contribution in [0.4, 0.5) is 10.1 Å². The first-order valence-corrected chi connectivity index (χ1v) is 6.67. The molecule has 0 atom stereocenters. The van der Waals surface area contributed by atoms with Crippen molar-refractivity contribution in [1.82, 2.24) is 20.2 Å². The molecule has 0 saturated heterocycles. The predicted octanol–water partition coefficient (Wildman–Crippen LogP) is 2.02. The number of anilines is 1. The van der Waals surface area contributed by atoms with Crippen LogP contribution >= 0.6 is 11.8 Å². The Bertz CT molecular complexity index is 566. The van der Waals surface area contributed by atoms with Crippen LogP contribution in [-0.4, -0.2) is 20.2 Å². The summed E-state index contributed by atoms with van der Waals surface area (Å²) in [6, 6.07) is 5.26. The topological polar surface area (TPSA) is 69.6 Å². The highest BCUT2D eigenvalue weighted by atomic mass is 32.2. The van der Waals surface area contributed by atoms with Crippen LogP contribution < -0.4 is 5.73 Å². The van der Waals surface area contributed by atoms with E-state index in [1.165, 1.54) is 17.8 Å². The molecule has 5 nitrogen and oxygen atoms in total. The second-order valence-electron chi connectivity index (χ2n) is 4.24. The molecular formula is C11H12FN5S. The zero-order valence-electron chi connectivity index (χ0n) is 9.58. The van der Waals surface area contributed by atoms with Gasteiger partial charge in [0.2, 0.25) is 0 Å². The number of nitrogens with two attached hydrogens (primary N) is 1. The molecule has 0 spiro atoms. The molecule has 3 rings (SSSR count). The first-order chi connectivity index (χ1) is 8.74. The Kier molecular flexibility index (Phi) is 2.91. The molecule has 1 aliphatic rings. The first-order valence-electron chi connectivity index (χ1n) is 5.68. The molecule has 1 saturated carbocycles. The van der Waals surface area contributed by atoms with Crippen LogP contribution in [0, 0.1) is 5.82 Å². The molecule has 18 heavy (non-hydrogen) atoms. The summed E-state index contributed by atoms with van der Waals surface area (Å²) in [5, 5.41) is 11.6. The van der Waals surface area contributed by atoms with Crippen LogP contribution in [0.25, 0.3) is 0 Å². The average molecular weight is 265 g/mol. The fourth-order valence-electron chi connectivity index (χ4n) is 1.66. The van der Waals surface area contributed by atoms with E-state index >= 15 is 0 Å². The predicted molar refractivity (Wildman–Crippen MR) is 66.5 cm³/mol. The number of thioether (sulfide) groups is 1. The molecule has 2 aromatic rings. The van der Waals surface area contributed by atoms with Crippen molar-refractivity contribution in [3.05, 3.63) is 29.8 Å². The maximum Gasteiger partial charge on any atom is 0.161 e. The Morgan fingerprint density at radius 1 is 1.44 bits per heavy atom. The molecule has 0 aliphatic heterocycles. The summed E-state index contributed by atoms with van der Waals surface area (Å²) < 4.78 is 15.1. The van der Waals surface area contributed by atoms with E-state index in [0.717, 1.165) is 23.6 Å². The van der Waals surface area contributed by atoms with Crippen LogP contribution in [0.2, 0.25) is 0 Å². The molecule has 7 heteroatoms. The summed E-state index contributed by atoms with van der Waals surface area (Å²) in [7, 11) is 0. The molecule has 1 aliphatic carbocycles. The Morgan fingerprint density at radius 2 is 2.28 bits per heavy atom. The van der Waals surface area contributed by atoms with Gasteiger partial charge in [0, 0.05) is 4.90 Å². The number of aromatic nitrogens is 4. The quantitative estimate of drug-likeness (QED) is 0.676. The summed E-state index contributed by atoms with van der Waals surface area (Å²) in [6.45, 7) is 0. The summed E-state index contributed by atoms with van der Waals surface area (Å²) in [5.74, 6) is 1.08. The number of benzene rings is 1. The smallest absolute Gasteiger partial charge is 0.161 e. The largest absolute Gasteiger partial charge is 0.396 e. The van der Waals surface area contributed by atoms with Gasteiger partial charge in [-0.05, 0) is 41.5 Å². The van der Waals surface area contributed by atoms with Gasteiger partial charge in [0.05, 0.1) is 17.5 Å². The second kappa shape index (κ2) is 4.56. The molecule has 1 aromatic heterocycles. The lowest BCUT2D eigenvalue weighted by molar-refractivity contribution is 0.593. The van der Waals surface area contributed by atoms with Crippen LogP contribution in [-0.2, 0) is 5.75 Å². The second-order valence-corrected chi connectivity index (χ2v) is 5.29.